The lowest BCUT2D eigenvalue weighted by atomic mass is 10.2. The second-order valence-corrected chi connectivity index (χ2v) is 8.34. The minimum absolute atomic E-state index is 0.185. The molecule has 6 aromatic rings. The van der Waals surface area contributed by atoms with E-state index in [4.69, 9.17) is 1.37 Å². The number of para-hydroxylation sites is 2. The van der Waals surface area contributed by atoms with E-state index in [0.717, 1.165) is 42.9 Å². The van der Waals surface area contributed by atoms with Crippen molar-refractivity contribution >= 4 is 44.5 Å². The first-order valence-corrected chi connectivity index (χ1v) is 10.7. The van der Waals surface area contributed by atoms with Crippen LogP contribution in [0.2, 0.25) is 0 Å². The fourth-order valence-corrected chi connectivity index (χ4v) is 4.82. The van der Waals surface area contributed by atoms with Gasteiger partial charge in [0.2, 0.25) is 0 Å². The van der Waals surface area contributed by atoms with Crippen molar-refractivity contribution in [2.75, 3.05) is 0 Å². The minimum atomic E-state index is 0.185. The van der Waals surface area contributed by atoms with E-state index in [1.165, 1.54) is 0 Å². The summed E-state index contributed by atoms with van der Waals surface area (Å²) in [5.41, 5.74) is 2.72. The highest BCUT2D eigenvalue weighted by Crippen LogP contribution is 2.36. The molecule has 0 aliphatic carbocycles. The third-order valence-corrected chi connectivity index (χ3v) is 6.30. The third-order valence-electron chi connectivity index (χ3n) is 5.37. The molecule has 0 aliphatic heterocycles. The number of phenols is 1. The highest BCUT2D eigenvalue weighted by Gasteiger charge is 2.14. The largest absolute Gasteiger partial charge is 0.506 e. The zero-order valence-corrected chi connectivity index (χ0v) is 17.2. The standard InChI is InChI=1S/C26H17N3OS/c30-23-9-5-6-17-11-14-25(28-26(17)23)31-18-12-13-20-19-7-1-2-8-21(19)29(22(20)16-18)24-10-3-4-15-27-24/h1-16,30H/i4D. The summed E-state index contributed by atoms with van der Waals surface area (Å²) in [7, 11) is 0. The quantitative estimate of drug-likeness (QED) is 0.351. The van der Waals surface area contributed by atoms with Crippen LogP contribution in [-0.2, 0) is 0 Å². The molecule has 0 fully saturated rings. The molecule has 0 spiro atoms. The molecular weight excluding hydrogens is 402 g/mol. The van der Waals surface area contributed by atoms with Gasteiger partial charge in [0.15, 0.2) is 0 Å². The molecule has 1 N–H and O–H groups in total. The zero-order valence-electron chi connectivity index (χ0n) is 17.4. The number of benzene rings is 3. The molecule has 0 saturated carbocycles. The van der Waals surface area contributed by atoms with Crippen LogP contribution in [0.25, 0.3) is 38.5 Å². The van der Waals surface area contributed by atoms with Crippen molar-refractivity contribution in [3.05, 3.63) is 97.2 Å². The smallest absolute Gasteiger partial charge is 0.141 e. The molecule has 3 heterocycles. The van der Waals surface area contributed by atoms with E-state index in [-0.39, 0.29) is 5.75 Å². The predicted molar refractivity (Wildman–Crippen MR) is 126 cm³/mol. The minimum Gasteiger partial charge on any atom is -0.506 e. The number of nitrogens with zero attached hydrogens (tertiary/aromatic N) is 3. The number of phenolic OH excluding ortho intramolecular Hbond substituents is 1. The van der Waals surface area contributed by atoms with Gasteiger partial charge in [0.05, 0.1) is 12.4 Å². The summed E-state index contributed by atoms with van der Waals surface area (Å²) in [5, 5.41) is 14.2. The van der Waals surface area contributed by atoms with Crippen LogP contribution in [0.1, 0.15) is 1.37 Å². The van der Waals surface area contributed by atoms with Crippen molar-refractivity contribution < 1.29 is 6.48 Å². The van der Waals surface area contributed by atoms with Crippen molar-refractivity contribution in [3.8, 4) is 11.6 Å². The van der Waals surface area contributed by atoms with Crippen LogP contribution in [0.15, 0.2) is 107 Å². The van der Waals surface area contributed by atoms with E-state index >= 15 is 0 Å². The van der Waals surface area contributed by atoms with Crippen molar-refractivity contribution in [1.29, 1.82) is 0 Å². The number of hydrogen-bond donors (Lipinski definition) is 1. The maximum Gasteiger partial charge on any atom is 0.141 e. The fraction of sp³-hybridized carbons (Fsp3) is 0. The average molecular weight is 421 g/mol. The zero-order chi connectivity index (χ0) is 21.7. The number of pyridine rings is 2. The lowest BCUT2D eigenvalue weighted by molar-refractivity contribution is 0.480. The summed E-state index contributed by atoms with van der Waals surface area (Å²) in [6.07, 6.45) is 1.57. The molecule has 4 nitrogen and oxygen atoms in total. The van der Waals surface area contributed by atoms with Crippen LogP contribution in [0.4, 0.5) is 0 Å². The molecule has 3 aromatic carbocycles. The molecule has 148 valence electrons. The first-order chi connectivity index (χ1) is 15.7. The summed E-state index contributed by atoms with van der Waals surface area (Å²) >= 11 is 1.56. The van der Waals surface area contributed by atoms with Gasteiger partial charge in [-0.1, -0.05) is 54.2 Å². The second kappa shape index (κ2) is 7.15. The molecule has 0 bridgehead atoms. The normalized spacial score (nSPS) is 11.9. The van der Waals surface area contributed by atoms with E-state index in [2.05, 4.69) is 44.9 Å². The Morgan fingerprint density at radius 3 is 2.65 bits per heavy atom. The Morgan fingerprint density at radius 2 is 1.74 bits per heavy atom. The highest BCUT2D eigenvalue weighted by molar-refractivity contribution is 7.99. The lowest BCUT2D eigenvalue weighted by Crippen LogP contribution is -1.96. The maximum absolute atomic E-state index is 10.2. The van der Waals surface area contributed by atoms with Crippen LogP contribution in [0.3, 0.4) is 0 Å². The second-order valence-electron chi connectivity index (χ2n) is 7.25. The van der Waals surface area contributed by atoms with Crippen molar-refractivity contribution in [2.45, 2.75) is 9.92 Å². The molecule has 31 heavy (non-hydrogen) atoms. The van der Waals surface area contributed by atoms with E-state index in [1.807, 2.05) is 42.5 Å². The van der Waals surface area contributed by atoms with E-state index in [0.29, 0.717) is 11.6 Å². The van der Waals surface area contributed by atoms with Gasteiger partial charge in [-0.05, 0) is 48.5 Å². The Morgan fingerprint density at radius 1 is 0.839 bits per heavy atom. The Balaban J connectivity index is 1.51. The van der Waals surface area contributed by atoms with Gasteiger partial charge in [0.25, 0.3) is 0 Å². The molecule has 5 heteroatoms. The maximum atomic E-state index is 10.2. The van der Waals surface area contributed by atoms with Gasteiger partial charge >= 0.3 is 0 Å². The summed E-state index contributed by atoms with van der Waals surface area (Å²) in [6, 6.07) is 28.0. The molecule has 6 rings (SSSR count). The number of aromatic nitrogens is 3. The van der Waals surface area contributed by atoms with Crippen molar-refractivity contribution in [1.82, 2.24) is 14.5 Å². The van der Waals surface area contributed by atoms with Gasteiger partial charge in [-0.2, -0.15) is 0 Å². The van der Waals surface area contributed by atoms with Gasteiger partial charge in [0.1, 0.15) is 22.1 Å². The van der Waals surface area contributed by atoms with Crippen molar-refractivity contribution in [2.24, 2.45) is 0 Å². The molecule has 0 unspecified atom stereocenters. The molecule has 0 aliphatic rings. The number of fused-ring (bicyclic) bond motifs is 4. The SMILES string of the molecule is [2H]c1ccc(-n2c3ccccc3c3ccc(Sc4ccc5cccc(O)c5n4)cc32)nc1. The lowest BCUT2D eigenvalue weighted by Gasteiger charge is -2.08. The predicted octanol–water partition coefficient (Wildman–Crippen LogP) is 6.58. The molecule has 0 saturated heterocycles. The first kappa shape index (κ1) is 16.9. The number of aromatic hydroxyl groups is 1. The van der Waals surface area contributed by atoms with Crippen molar-refractivity contribution in [3.63, 3.8) is 0 Å². The van der Waals surface area contributed by atoms with Gasteiger partial charge in [-0.3, -0.25) is 4.57 Å². The van der Waals surface area contributed by atoms with Gasteiger partial charge in [-0.25, -0.2) is 9.97 Å². The summed E-state index contributed by atoms with van der Waals surface area (Å²) in [6.45, 7) is 0. The average Bonchev–Trinajstić information content (AvgIpc) is 3.14. The van der Waals surface area contributed by atoms with Gasteiger partial charge < -0.3 is 5.11 Å². The third kappa shape index (κ3) is 3.02. The molecule has 0 radical (unpaired) electrons. The Hall–Kier alpha value is -3.83. The van der Waals surface area contributed by atoms with Gasteiger partial charge in [-0.15, -0.1) is 0 Å². The summed E-state index contributed by atoms with van der Waals surface area (Å²) in [4.78, 5) is 10.2. The fourth-order valence-electron chi connectivity index (χ4n) is 4.00. The summed E-state index contributed by atoms with van der Waals surface area (Å²) in [5.74, 6) is 0.965. The van der Waals surface area contributed by atoms with E-state index < -0.39 is 0 Å². The van der Waals surface area contributed by atoms with E-state index in [1.54, 1.807) is 30.1 Å². The van der Waals surface area contributed by atoms with Crippen LogP contribution in [0.5, 0.6) is 5.75 Å². The number of hydrogen-bond acceptors (Lipinski definition) is 4. The number of rotatable bonds is 3. The first-order valence-electron chi connectivity index (χ1n) is 10.4. The van der Waals surface area contributed by atoms with Crippen LogP contribution >= 0.6 is 11.8 Å². The van der Waals surface area contributed by atoms with Crippen LogP contribution in [-0.4, -0.2) is 19.6 Å². The van der Waals surface area contributed by atoms with Gasteiger partial charge in [0, 0.05) is 27.3 Å². The van der Waals surface area contributed by atoms with Crippen LogP contribution < -0.4 is 0 Å². The molecular formula is C26H17N3OS. The molecule has 3 aromatic heterocycles. The molecule has 0 atom stereocenters. The molecule has 0 amide bonds. The Bertz CT molecular complexity index is 1630. The highest BCUT2D eigenvalue weighted by atomic mass is 32.2. The summed E-state index contributed by atoms with van der Waals surface area (Å²) < 4.78 is 9.91. The van der Waals surface area contributed by atoms with E-state index in [9.17, 15) is 5.11 Å². The Kier molecular flexibility index (Phi) is 3.90. The topological polar surface area (TPSA) is 50.9 Å². The Labute approximate surface area is 184 Å². The monoisotopic (exact) mass is 420 g/mol. The van der Waals surface area contributed by atoms with Crippen LogP contribution in [0, 0.1) is 0 Å².